The number of nitrogens with one attached hydrogen (secondary N) is 1. The summed E-state index contributed by atoms with van der Waals surface area (Å²) in [5.41, 5.74) is 0.825. The van der Waals surface area contributed by atoms with Gasteiger partial charge in [0.05, 0.1) is 4.90 Å². The highest BCUT2D eigenvalue weighted by atomic mass is 32.2. The molecule has 1 saturated heterocycles. The molecule has 0 unspecified atom stereocenters. The van der Waals surface area contributed by atoms with Crippen LogP contribution >= 0.6 is 0 Å². The standard InChI is InChI=1S/C23H33N5O3S/c1-4-27(5-2)14-6-13-25-23-21(17-24)26-22(31-23)19-7-9-20(10-8-19)32(29,30)28-15-11-18(3)12-16-28/h7-10,18,25H,4-6,11-16H2,1-3H3. The molecule has 1 aromatic heterocycles. The molecule has 8 nitrogen and oxygen atoms in total. The van der Waals surface area contributed by atoms with Gasteiger partial charge in [-0.1, -0.05) is 20.8 Å². The largest absolute Gasteiger partial charge is 0.419 e. The lowest BCUT2D eigenvalue weighted by Crippen LogP contribution is -2.37. The van der Waals surface area contributed by atoms with Crippen molar-refractivity contribution in [2.24, 2.45) is 5.92 Å². The Morgan fingerprint density at radius 2 is 1.88 bits per heavy atom. The summed E-state index contributed by atoms with van der Waals surface area (Å²) in [5, 5.41) is 12.6. The third-order valence-electron chi connectivity index (χ3n) is 6.05. The Labute approximate surface area is 191 Å². The molecule has 32 heavy (non-hydrogen) atoms. The number of sulfonamides is 1. The quantitative estimate of drug-likeness (QED) is 0.539. The van der Waals surface area contributed by atoms with Crippen LogP contribution in [0.2, 0.25) is 0 Å². The van der Waals surface area contributed by atoms with E-state index < -0.39 is 10.0 Å². The van der Waals surface area contributed by atoms with Crippen molar-refractivity contribution >= 4 is 15.9 Å². The molecule has 0 atom stereocenters. The van der Waals surface area contributed by atoms with Crippen molar-refractivity contribution in [2.45, 2.75) is 44.9 Å². The first-order valence-electron chi connectivity index (χ1n) is 11.4. The number of aromatic nitrogens is 1. The minimum atomic E-state index is -3.50. The molecule has 174 valence electrons. The highest BCUT2D eigenvalue weighted by Gasteiger charge is 2.28. The van der Waals surface area contributed by atoms with Crippen molar-refractivity contribution in [3.63, 3.8) is 0 Å². The van der Waals surface area contributed by atoms with Gasteiger partial charge in [0, 0.05) is 25.2 Å². The van der Waals surface area contributed by atoms with E-state index in [0.717, 1.165) is 38.9 Å². The monoisotopic (exact) mass is 459 g/mol. The molecule has 0 saturated carbocycles. The van der Waals surface area contributed by atoms with Gasteiger partial charge in [-0.2, -0.15) is 14.6 Å². The lowest BCUT2D eigenvalue weighted by atomic mass is 10.0. The van der Waals surface area contributed by atoms with E-state index in [9.17, 15) is 13.7 Å². The summed E-state index contributed by atoms with van der Waals surface area (Å²) in [7, 11) is -3.50. The van der Waals surface area contributed by atoms with E-state index in [1.165, 1.54) is 0 Å². The number of hydrogen-bond donors (Lipinski definition) is 1. The van der Waals surface area contributed by atoms with Crippen LogP contribution in [-0.2, 0) is 10.0 Å². The van der Waals surface area contributed by atoms with E-state index in [2.05, 4.69) is 42.0 Å². The molecular formula is C23H33N5O3S. The van der Waals surface area contributed by atoms with Crippen LogP contribution in [0.15, 0.2) is 33.6 Å². The summed E-state index contributed by atoms with van der Waals surface area (Å²) in [5.74, 6) is 1.20. The number of oxazole rings is 1. The van der Waals surface area contributed by atoms with Gasteiger partial charge in [-0.3, -0.25) is 0 Å². The Hall–Kier alpha value is -2.41. The molecule has 1 fully saturated rings. The number of anilines is 1. The highest BCUT2D eigenvalue weighted by Crippen LogP contribution is 2.28. The molecule has 0 bridgehead atoms. The maximum absolute atomic E-state index is 12.9. The van der Waals surface area contributed by atoms with Crippen LogP contribution in [0.1, 0.15) is 45.7 Å². The zero-order valence-corrected chi connectivity index (χ0v) is 20.0. The Morgan fingerprint density at radius 3 is 2.47 bits per heavy atom. The second kappa shape index (κ2) is 10.9. The van der Waals surface area contributed by atoms with Gasteiger partial charge in [-0.15, -0.1) is 0 Å². The van der Waals surface area contributed by atoms with Crippen LogP contribution in [0.4, 0.5) is 5.88 Å². The van der Waals surface area contributed by atoms with Gasteiger partial charge in [0.1, 0.15) is 6.07 Å². The van der Waals surface area contributed by atoms with Crippen molar-refractivity contribution in [3.05, 3.63) is 30.0 Å². The van der Waals surface area contributed by atoms with Crippen molar-refractivity contribution in [2.75, 3.05) is 44.6 Å². The Balaban J connectivity index is 1.67. The van der Waals surface area contributed by atoms with Crippen LogP contribution in [0.5, 0.6) is 0 Å². The van der Waals surface area contributed by atoms with E-state index in [1.54, 1.807) is 28.6 Å². The second-order valence-electron chi connectivity index (χ2n) is 8.23. The maximum Gasteiger partial charge on any atom is 0.243 e. The van der Waals surface area contributed by atoms with Crippen LogP contribution in [0.3, 0.4) is 0 Å². The lowest BCUT2D eigenvalue weighted by molar-refractivity contribution is 0.288. The first kappa shape index (κ1) is 24.2. The summed E-state index contributed by atoms with van der Waals surface area (Å²) in [6, 6.07) is 8.57. The van der Waals surface area contributed by atoms with E-state index in [4.69, 9.17) is 4.42 Å². The molecule has 2 heterocycles. The normalized spacial score (nSPS) is 15.7. The third kappa shape index (κ3) is 5.68. The van der Waals surface area contributed by atoms with Crippen LogP contribution in [-0.4, -0.2) is 61.9 Å². The average Bonchev–Trinajstić information content (AvgIpc) is 3.23. The topological polar surface area (TPSA) is 102 Å². The number of hydrogen-bond acceptors (Lipinski definition) is 7. The van der Waals surface area contributed by atoms with E-state index in [-0.39, 0.29) is 10.6 Å². The molecule has 0 aliphatic carbocycles. The summed E-state index contributed by atoms with van der Waals surface area (Å²) >= 11 is 0. The molecule has 2 aromatic rings. The summed E-state index contributed by atoms with van der Waals surface area (Å²) in [4.78, 5) is 6.87. The zero-order chi connectivity index (χ0) is 23.1. The number of benzene rings is 1. The molecule has 1 N–H and O–H groups in total. The van der Waals surface area contributed by atoms with Gasteiger partial charge in [0.25, 0.3) is 0 Å². The van der Waals surface area contributed by atoms with Gasteiger partial charge in [-0.05, 0) is 69.1 Å². The van der Waals surface area contributed by atoms with Crippen molar-refractivity contribution in [1.82, 2.24) is 14.2 Å². The molecule has 1 aromatic carbocycles. The number of nitrogens with zero attached hydrogens (tertiary/aromatic N) is 4. The third-order valence-corrected chi connectivity index (χ3v) is 7.96. The Kier molecular flexibility index (Phi) is 8.29. The summed E-state index contributed by atoms with van der Waals surface area (Å²) in [6.45, 7) is 11.2. The summed E-state index contributed by atoms with van der Waals surface area (Å²) in [6.07, 6.45) is 2.69. The predicted octanol–water partition coefficient (Wildman–Crippen LogP) is 3.78. The fourth-order valence-electron chi connectivity index (χ4n) is 3.83. The van der Waals surface area contributed by atoms with Gasteiger partial charge in [-0.25, -0.2) is 8.42 Å². The number of piperidine rings is 1. The summed E-state index contributed by atoms with van der Waals surface area (Å²) < 4.78 is 33.2. The van der Waals surface area contributed by atoms with Crippen molar-refractivity contribution in [3.8, 4) is 17.5 Å². The average molecular weight is 460 g/mol. The van der Waals surface area contributed by atoms with Gasteiger partial charge in [0.15, 0.2) is 0 Å². The molecule has 1 aliphatic heterocycles. The van der Waals surface area contributed by atoms with Crippen LogP contribution in [0, 0.1) is 17.2 Å². The highest BCUT2D eigenvalue weighted by molar-refractivity contribution is 7.89. The number of nitriles is 1. The molecule has 3 rings (SSSR count). The molecule has 0 amide bonds. The Bertz CT molecular complexity index is 1010. The Morgan fingerprint density at radius 1 is 1.22 bits per heavy atom. The smallest absolute Gasteiger partial charge is 0.243 e. The van der Waals surface area contributed by atoms with Gasteiger partial charge in [0.2, 0.25) is 27.5 Å². The number of rotatable bonds is 10. The molecule has 9 heteroatoms. The predicted molar refractivity (Wildman–Crippen MR) is 125 cm³/mol. The minimum Gasteiger partial charge on any atom is -0.419 e. The second-order valence-corrected chi connectivity index (χ2v) is 10.2. The minimum absolute atomic E-state index is 0.196. The SMILES string of the molecule is CCN(CC)CCCNc1oc(-c2ccc(S(=O)(=O)N3CCC(C)CC3)cc2)nc1C#N. The van der Waals surface area contributed by atoms with Crippen LogP contribution in [0.25, 0.3) is 11.5 Å². The molecule has 1 aliphatic rings. The maximum atomic E-state index is 12.9. The molecule has 0 radical (unpaired) electrons. The van der Waals surface area contributed by atoms with Crippen LogP contribution < -0.4 is 5.32 Å². The molecular weight excluding hydrogens is 426 g/mol. The van der Waals surface area contributed by atoms with Crippen molar-refractivity contribution < 1.29 is 12.8 Å². The van der Waals surface area contributed by atoms with E-state index >= 15 is 0 Å². The zero-order valence-electron chi connectivity index (χ0n) is 19.2. The van der Waals surface area contributed by atoms with E-state index in [0.29, 0.717) is 42.9 Å². The van der Waals surface area contributed by atoms with Crippen molar-refractivity contribution in [1.29, 1.82) is 5.26 Å². The fraction of sp³-hybridized carbons (Fsp3) is 0.565. The first-order valence-corrected chi connectivity index (χ1v) is 12.8. The first-order chi connectivity index (χ1) is 15.4. The van der Waals surface area contributed by atoms with E-state index in [1.807, 2.05) is 0 Å². The van der Waals surface area contributed by atoms with Gasteiger partial charge < -0.3 is 14.6 Å². The molecule has 0 spiro atoms. The fourth-order valence-corrected chi connectivity index (χ4v) is 5.30. The van der Waals surface area contributed by atoms with Gasteiger partial charge >= 0.3 is 0 Å². The lowest BCUT2D eigenvalue weighted by Gasteiger charge is -2.29.